The number of rotatable bonds is 6. The Labute approximate surface area is 118 Å². The van der Waals surface area contributed by atoms with Crippen LogP contribution in [0, 0.1) is 0 Å². The molecule has 1 heterocycles. The van der Waals surface area contributed by atoms with Crippen LogP contribution in [-0.2, 0) is 16.0 Å². The third-order valence-electron chi connectivity index (χ3n) is 3.36. The number of carbonyl (C=O) groups excluding carboxylic acids is 1. The highest BCUT2D eigenvalue weighted by Gasteiger charge is 2.20. The van der Waals surface area contributed by atoms with E-state index in [1.807, 2.05) is 42.7 Å². The Morgan fingerprint density at radius 3 is 2.90 bits per heavy atom. The minimum Gasteiger partial charge on any atom is -0.383 e. The zero-order valence-corrected chi connectivity index (χ0v) is 12.2. The molecule has 1 amide bonds. The molecule has 2 rings (SSSR count). The summed E-state index contributed by atoms with van der Waals surface area (Å²) in [6, 6.07) is 7.62. The smallest absolute Gasteiger partial charge is 0.242 e. The number of nitrogens with zero attached hydrogens (tertiary/aromatic N) is 2. The Morgan fingerprint density at radius 2 is 2.20 bits per heavy atom. The largest absolute Gasteiger partial charge is 0.383 e. The summed E-state index contributed by atoms with van der Waals surface area (Å²) in [6.45, 7) is 4.99. The first-order valence-corrected chi connectivity index (χ1v) is 6.91. The second-order valence-corrected chi connectivity index (χ2v) is 4.70. The first kappa shape index (κ1) is 14.5. The van der Waals surface area contributed by atoms with Crippen molar-refractivity contribution in [3.63, 3.8) is 0 Å². The van der Waals surface area contributed by atoms with Gasteiger partial charge in [-0.1, -0.05) is 19.1 Å². The molecular weight excluding hydrogens is 254 g/mol. The van der Waals surface area contributed by atoms with Gasteiger partial charge in [-0.3, -0.25) is 4.79 Å². The number of hydrogen-bond acceptors (Lipinski definition) is 3. The van der Waals surface area contributed by atoms with Crippen LogP contribution < -0.4 is 5.32 Å². The van der Waals surface area contributed by atoms with Crippen LogP contribution in [0.2, 0.25) is 0 Å². The number of carbonyl (C=O) groups is 1. The molecule has 0 fully saturated rings. The van der Waals surface area contributed by atoms with E-state index in [1.165, 1.54) is 0 Å². The number of nitrogens with one attached hydrogen (secondary N) is 1. The summed E-state index contributed by atoms with van der Waals surface area (Å²) in [5.74, 6) is 0.917. The Kier molecular flexibility index (Phi) is 4.74. The Balaban J connectivity index is 2.28. The van der Waals surface area contributed by atoms with Crippen LogP contribution in [0.25, 0.3) is 11.0 Å². The van der Waals surface area contributed by atoms with Crippen molar-refractivity contribution in [3.8, 4) is 0 Å². The van der Waals surface area contributed by atoms with Gasteiger partial charge in [0.1, 0.15) is 11.9 Å². The number of ether oxygens (including phenoxy) is 1. The number of para-hydroxylation sites is 2. The third kappa shape index (κ3) is 2.82. The number of methoxy groups -OCH3 is 1. The van der Waals surface area contributed by atoms with Crippen molar-refractivity contribution in [2.24, 2.45) is 0 Å². The number of fused-ring (bicyclic) bond motifs is 1. The Morgan fingerprint density at radius 1 is 1.45 bits per heavy atom. The second-order valence-electron chi connectivity index (χ2n) is 4.70. The highest BCUT2D eigenvalue weighted by Crippen LogP contribution is 2.21. The molecule has 0 spiro atoms. The van der Waals surface area contributed by atoms with Gasteiger partial charge >= 0.3 is 0 Å². The molecule has 20 heavy (non-hydrogen) atoms. The zero-order valence-electron chi connectivity index (χ0n) is 12.2. The van der Waals surface area contributed by atoms with Gasteiger partial charge in [-0.25, -0.2) is 4.98 Å². The van der Waals surface area contributed by atoms with E-state index in [1.54, 1.807) is 7.11 Å². The van der Waals surface area contributed by atoms with Gasteiger partial charge in [0.2, 0.25) is 5.91 Å². The summed E-state index contributed by atoms with van der Waals surface area (Å²) >= 11 is 0. The average Bonchev–Trinajstić information content (AvgIpc) is 2.85. The molecule has 1 aromatic heterocycles. The summed E-state index contributed by atoms with van der Waals surface area (Å²) < 4.78 is 6.96. The fourth-order valence-corrected chi connectivity index (χ4v) is 2.32. The first-order valence-electron chi connectivity index (χ1n) is 6.91. The van der Waals surface area contributed by atoms with Crippen molar-refractivity contribution in [2.75, 3.05) is 20.3 Å². The number of aromatic nitrogens is 2. The molecule has 1 N–H and O–H groups in total. The zero-order chi connectivity index (χ0) is 14.5. The molecule has 0 aliphatic heterocycles. The maximum Gasteiger partial charge on any atom is 0.242 e. The molecular formula is C15H21N3O2. The third-order valence-corrected chi connectivity index (χ3v) is 3.36. The fourth-order valence-electron chi connectivity index (χ4n) is 2.32. The predicted molar refractivity (Wildman–Crippen MR) is 78.7 cm³/mol. The summed E-state index contributed by atoms with van der Waals surface area (Å²) in [6.07, 6.45) is 0.796. The van der Waals surface area contributed by atoms with Gasteiger partial charge in [0.15, 0.2) is 0 Å². The van der Waals surface area contributed by atoms with Crippen LogP contribution in [-0.4, -0.2) is 35.7 Å². The maximum atomic E-state index is 12.2. The molecule has 0 bridgehead atoms. The van der Waals surface area contributed by atoms with Gasteiger partial charge in [0, 0.05) is 20.1 Å². The molecule has 0 aliphatic rings. The first-order chi connectivity index (χ1) is 9.69. The molecule has 0 radical (unpaired) electrons. The lowest BCUT2D eigenvalue weighted by Gasteiger charge is -2.17. The number of imidazole rings is 1. The highest BCUT2D eigenvalue weighted by molar-refractivity contribution is 5.84. The summed E-state index contributed by atoms with van der Waals surface area (Å²) in [5, 5.41) is 2.88. The van der Waals surface area contributed by atoms with E-state index in [0.29, 0.717) is 13.2 Å². The topological polar surface area (TPSA) is 56.2 Å². The van der Waals surface area contributed by atoms with E-state index in [2.05, 4.69) is 10.3 Å². The molecule has 5 nitrogen and oxygen atoms in total. The van der Waals surface area contributed by atoms with Crippen LogP contribution in [0.4, 0.5) is 0 Å². The molecule has 1 unspecified atom stereocenters. The number of aryl methyl sites for hydroxylation is 1. The summed E-state index contributed by atoms with van der Waals surface area (Å²) in [7, 11) is 1.62. The molecule has 108 valence electrons. The van der Waals surface area contributed by atoms with Crippen LogP contribution in [0.3, 0.4) is 0 Å². The van der Waals surface area contributed by atoms with Crippen LogP contribution >= 0.6 is 0 Å². The van der Waals surface area contributed by atoms with Crippen molar-refractivity contribution in [2.45, 2.75) is 26.3 Å². The molecule has 1 atom stereocenters. The normalized spacial score (nSPS) is 12.6. The molecule has 1 aromatic carbocycles. The lowest BCUT2D eigenvalue weighted by atomic mass is 10.2. The quantitative estimate of drug-likeness (QED) is 0.819. The summed E-state index contributed by atoms with van der Waals surface area (Å²) in [4.78, 5) is 16.8. The number of amides is 1. The Hall–Kier alpha value is -1.88. The van der Waals surface area contributed by atoms with E-state index in [0.717, 1.165) is 23.3 Å². The predicted octanol–water partition coefficient (Wildman–Crippen LogP) is 1.92. The van der Waals surface area contributed by atoms with Crippen LogP contribution in [0.5, 0.6) is 0 Å². The van der Waals surface area contributed by atoms with E-state index < -0.39 is 0 Å². The van der Waals surface area contributed by atoms with Crippen molar-refractivity contribution in [3.05, 3.63) is 30.1 Å². The Bertz CT molecular complexity index is 592. The van der Waals surface area contributed by atoms with Crippen molar-refractivity contribution < 1.29 is 9.53 Å². The van der Waals surface area contributed by atoms with Gasteiger partial charge < -0.3 is 14.6 Å². The maximum absolute atomic E-state index is 12.2. The van der Waals surface area contributed by atoms with E-state index in [9.17, 15) is 4.79 Å². The van der Waals surface area contributed by atoms with E-state index in [4.69, 9.17) is 4.74 Å². The minimum absolute atomic E-state index is 0.0140. The van der Waals surface area contributed by atoms with Gasteiger partial charge in [0.05, 0.1) is 17.6 Å². The molecule has 0 aliphatic carbocycles. The van der Waals surface area contributed by atoms with Crippen LogP contribution in [0.15, 0.2) is 24.3 Å². The van der Waals surface area contributed by atoms with Gasteiger partial charge in [-0.2, -0.15) is 0 Å². The van der Waals surface area contributed by atoms with Gasteiger partial charge in [-0.15, -0.1) is 0 Å². The SMILES string of the molecule is CCc1nc2ccccc2n1C(C)C(=O)NCCOC. The minimum atomic E-state index is -0.283. The second kappa shape index (κ2) is 6.52. The molecule has 0 saturated heterocycles. The number of benzene rings is 1. The van der Waals surface area contributed by atoms with Gasteiger partial charge in [0.25, 0.3) is 0 Å². The van der Waals surface area contributed by atoms with E-state index in [-0.39, 0.29) is 11.9 Å². The molecule has 2 aromatic rings. The van der Waals surface area contributed by atoms with Crippen molar-refractivity contribution in [1.82, 2.24) is 14.9 Å². The molecule has 5 heteroatoms. The summed E-state index contributed by atoms with van der Waals surface area (Å²) in [5.41, 5.74) is 1.93. The molecule has 0 saturated carbocycles. The van der Waals surface area contributed by atoms with Crippen molar-refractivity contribution in [1.29, 1.82) is 0 Å². The highest BCUT2D eigenvalue weighted by atomic mass is 16.5. The average molecular weight is 275 g/mol. The number of hydrogen-bond donors (Lipinski definition) is 1. The van der Waals surface area contributed by atoms with Crippen LogP contribution in [0.1, 0.15) is 25.7 Å². The lowest BCUT2D eigenvalue weighted by molar-refractivity contribution is -0.124. The monoisotopic (exact) mass is 275 g/mol. The van der Waals surface area contributed by atoms with Crippen molar-refractivity contribution >= 4 is 16.9 Å². The van der Waals surface area contributed by atoms with E-state index >= 15 is 0 Å². The fraction of sp³-hybridized carbons (Fsp3) is 0.467. The lowest BCUT2D eigenvalue weighted by Crippen LogP contribution is -2.33. The van der Waals surface area contributed by atoms with Gasteiger partial charge in [-0.05, 0) is 19.1 Å². The standard InChI is InChI=1S/C15H21N3O2/c1-4-14-17-12-7-5-6-8-13(12)18(14)11(2)15(19)16-9-10-20-3/h5-8,11H,4,9-10H2,1-3H3,(H,16,19).